The molecule has 0 aliphatic heterocycles. The molecule has 0 spiro atoms. The minimum absolute atomic E-state index is 0.185. The molecule has 3 aromatic rings. The molecule has 1 amide bonds. The number of aryl methyl sites for hydroxylation is 2. The van der Waals surface area contributed by atoms with Crippen LogP contribution in [0.4, 0.5) is 5.69 Å². The largest absolute Gasteiger partial charge is 0.321 e. The number of carbonyl (C=O) groups excluding carboxylic acids is 1. The monoisotopic (exact) mass is 313 g/mol. The second kappa shape index (κ2) is 5.81. The zero-order valence-corrected chi connectivity index (χ0v) is 13.2. The second-order valence-electron chi connectivity index (χ2n) is 5.16. The molecule has 4 nitrogen and oxygen atoms in total. The standard InChI is InChI=1S/C17H16ClN3O/c1-3-14-16(21-8-7-11(2)9-15(21)20-14)17(22)19-13-6-4-5-12(18)10-13/h4-10H,3H2,1-2H3,(H,19,22). The molecule has 1 N–H and O–H groups in total. The third-order valence-electron chi connectivity index (χ3n) is 3.49. The Hall–Kier alpha value is -2.33. The Morgan fingerprint density at radius 3 is 2.86 bits per heavy atom. The van der Waals surface area contributed by atoms with Crippen molar-refractivity contribution < 1.29 is 4.79 Å². The molecule has 2 aromatic heterocycles. The Bertz CT molecular complexity index is 854. The van der Waals surface area contributed by atoms with Gasteiger partial charge < -0.3 is 5.32 Å². The van der Waals surface area contributed by atoms with Gasteiger partial charge in [0.25, 0.3) is 5.91 Å². The summed E-state index contributed by atoms with van der Waals surface area (Å²) in [5.41, 5.74) is 3.92. The van der Waals surface area contributed by atoms with E-state index in [0.717, 1.165) is 16.9 Å². The Balaban J connectivity index is 2.03. The molecule has 5 heteroatoms. The highest BCUT2D eigenvalue weighted by Crippen LogP contribution is 2.19. The minimum atomic E-state index is -0.185. The van der Waals surface area contributed by atoms with E-state index < -0.39 is 0 Å². The van der Waals surface area contributed by atoms with Crippen LogP contribution in [0.3, 0.4) is 0 Å². The van der Waals surface area contributed by atoms with Crippen LogP contribution in [0.2, 0.25) is 5.02 Å². The average molecular weight is 314 g/mol. The molecule has 0 unspecified atom stereocenters. The Labute approximate surface area is 133 Å². The summed E-state index contributed by atoms with van der Waals surface area (Å²) in [6, 6.07) is 11.0. The highest BCUT2D eigenvalue weighted by Gasteiger charge is 2.18. The summed E-state index contributed by atoms with van der Waals surface area (Å²) in [7, 11) is 0. The summed E-state index contributed by atoms with van der Waals surface area (Å²) in [5.74, 6) is -0.185. The molecule has 0 saturated carbocycles. The lowest BCUT2D eigenvalue weighted by molar-refractivity contribution is 0.102. The lowest BCUT2D eigenvalue weighted by Gasteiger charge is -2.07. The van der Waals surface area contributed by atoms with Gasteiger partial charge in [0, 0.05) is 16.9 Å². The fourth-order valence-electron chi connectivity index (χ4n) is 2.44. The van der Waals surface area contributed by atoms with Gasteiger partial charge in [0.15, 0.2) is 0 Å². The van der Waals surface area contributed by atoms with Gasteiger partial charge in [-0.1, -0.05) is 24.6 Å². The molecule has 112 valence electrons. The van der Waals surface area contributed by atoms with E-state index in [1.807, 2.05) is 42.6 Å². The van der Waals surface area contributed by atoms with E-state index in [-0.39, 0.29) is 5.91 Å². The molecule has 2 heterocycles. The second-order valence-corrected chi connectivity index (χ2v) is 5.59. The molecule has 1 aromatic carbocycles. The number of nitrogens with zero attached hydrogens (tertiary/aromatic N) is 2. The Morgan fingerprint density at radius 1 is 1.32 bits per heavy atom. The lowest BCUT2D eigenvalue weighted by atomic mass is 10.2. The first kappa shape index (κ1) is 14.6. The maximum Gasteiger partial charge on any atom is 0.274 e. The van der Waals surface area contributed by atoms with Gasteiger partial charge in [0.1, 0.15) is 11.3 Å². The number of fused-ring (bicyclic) bond motifs is 1. The van der Waals surface area contributed by atoms with Crippen molar-refractivity contribution >= 4 is 28.8 Å². The van der Waals surface area contributed by atoms with E-state index in [4.69, 9.17) is 11.6 Å². The number of rotatable bonds is 3. The topological polar surface area (TPSA) is 46.4 Å². The van der Waals surface area contributed by atoms with E-state index in [2.05, 4.69) is 10.3 Å². The van der Waals surface area contributed by atoms with Crippen LogP contribution in [0.5, 0.6) is 0 Å². The molecular formula is C17H16ClN3O. The predicted octanol–water partition coefficient (Wildman–Crippen LogP) is 4.11. The van der Waals surface area contributed by atoms with Crippen molar-refractivity contribution in [2.24, 2.45) is 0 Å². The summed E-state index contributed by atoms with van der Waals surface area (Å²) >= 11 is 5.96. The first-order valence-electron chi connectivity index (χ1n) is 7.13. The van der Waals surface area contributed by atoms with E-state index in [9.17, 15) is 4.79 Å². The SMILES string of the molecule is CCc1nc2cc(C)ccn2c1C(=O)Nc1cccc(Cl)c1. The van der Waals surface area contributed by atoms with Crippen molar-refractivity contribution in [3.05, 3.63) is 64.6 Å². The van der Waals surface area contributed by atoms with Crippen molar-refractivity contribution in [2.45, 2.75) is 20.3 Å². The molecule has 0 radical (unpaired) electrons. The van der Waals surface area contributed by atoms with Crippen LogP contribution in [-0.4, -0.2) is 15.3 Å². The minimum Gasteiger partial charge on any atom is -0.321 e. The maximum absolute atomic E-state index is 12.7. The first-order valence-corrected chi connectivity index (χ1v) is 7.51. The Kier molecular flexibility index (Phi) is 3.86. The van der Waals surface area contributed by atoms with Crippen molar-refractivity contribution in [2.75, 3.05) is 5.32 Å². The van der Waals surface area contributed by atoms with Crippen molar-refractivity contribution in [1.82, 2.24) is 9.38 Å². The maximum atomic E-state index is 12.7. The number of imidazole rings is 1. The average Bonchev–Trinajstić information content (AvgIpc) is 2.84. The predicted molar refractivity (Wildman–Crippen MR) is 88.7 cm³/mol. The van der Waals surface area contributed by atoms with E-state index >= 15 is 0 Å². The Morgan fingerprint density at radius 2 is 2.14 bits per heavy atom. The highest BCUT2D eigenvalue weighted by molar-refractivity contribution is 6.30. The summed E-state index contributed by atoms with van der Waals surface area (Å²) in [4.78, 5) is 17.2. The molecule has 0 atom stereocenters. The lowest BCUT2D eigenvalue weighted by Crippen LogP contribution is -2.16. The van der Waals surface area contributed by atoms with Crippen molar-refractivity contribution in [3.63, 3.8) is 0 Å². The fourth-order valence-corrected chi connectivity index (χ4v) is 2.63. The van der Waals surface area contributed by atoms with Gasteiger partial charge in [-0.15, -0.1) is 0 Å². The number of halogens is 1. The number of carbonyl (C=O) groups is 1. The summed E-state index contributed by atoms with van der Waals surface area (Å²) < 4.78 is 1.83. The smallest absolute Gasteiger partial charge is 0.274 e. The molecule has 0 fully saturated rings. The third kappa shape index (κ3) is 2.70. The molecule has 0 aliphatic carbocycles. The third-order valence-corrected chi connectivity index (χ3v) is 3.72. The van der Waals surface area contributed by atoms with Gasteiger partial charge in [-0.2, -0.15) is 0 Å². The van der Waals surface area contributed by atoms with Crippen LogP contribution in [0, 0.1) is 6.92 Å². The number of hydrogen-bond acceptors (Lipinski definition) is 2. The van der Waals surface area contributed by atoms with Crippen LogP contribution in [0.15, 0.2) is 42.6 Å². The zero-order chi connectivity index (χ0) is 15.7. The normalized spacial score (nSPS) is 10.9. The quantitative estimate of drug-likeness (QED) is 0.791. The summed E-state index contributed by atoms with van der Waals surface area (Å²) in [6.45, 7) is 4.00. The highest BCUT2D eigenvalue weighted by atomic mass is 35.5. The van der Waals surface area contributed by atoms with Gasteiger partial charge in [-0.3, -0.25) is 9.20 Å². The summed E-state index contributed by atoms with van der Waals surface area (Å²) in [6.07, 6.45) is 2.57. The van der Waals surface area contributed by atoms with Crippen LogP contribution < -0.4 is 5.32 Å². The van der Waals surface area contributed by atoms with Gasteiger partial charge in [0.05, 0.1) is 5.69 Å². The number of pyridine rings is 1. The molecule has 22 heavy (non-hydrogen) atoms. The first-order chi connectivity index (χ1) is 10.6. The summed E-state index contributed by atoms with van der Waals surface area (Å²) in [5, 5.41) is 3.47. The zero-order valence-electron chi connectivity index (χ0n) is 12.4. The number of aromatic nitrogens is 2. The number of benzene rings is 1. The number of hydrogen-bond donors (Lipinski definition) is 1. The fraction of sp³-hybridized carbons (Fsp3) is 0.176. The van der Waals surface area contributed by atoms with E-state index in [1.165, 1.54) is 0 Å². The number of nitrogens with one attached hydrogen (secondary N) is 1. The van der Waals surface area contributed by atoms with E-state index in [1.54, 1.807) is 18.2 Å². The molecule has 0 aliphatic rings. The number of amides is 1. The van der Waals surface area contributed by atoms with Crippen LogP contribution >= 0.6 is 11.6 Å². The van der Waals surface area contributed by atoms with Gasteiger partial charge in [0.2, 0.25) is 0 Å². The van der Waals surface area contributed by atoms with Gasteiger partial charge in [-0.05, 0) is 49.2 Å². The molecule has 0 saturated heterocycles. The molecule has 3 rings (SSSR count). The molecule has 0 bridgehead atoms. The number of anilines is 1. The van der Waals surface area contributed by atoms with Crippen molar-refractivity contribution in [1.29, 1.82) is 0 Å². The van der Waals surface area contributed by atoms with Crippen LogP contribution in [0.25, 0.3) is 5.65 Å². The van der Waals surface area contributed by atoms with Crippen molar-refractivity contribution in [3.8, 4) is 0 Å². The van der Waals surface area contributed by atoms with E-state index in [0.29, 0.717) is 22.8 Å². The van der Waals surface area contributed by atoms with Gasteiger partial charge >= 0.3 is 0 Å². The van der Waals surface area contributed by atoms with Gasteiger partial charge in [-0.25, -0.2) is 4.98 Å². The molecular weight excluding hydrogens is 298 g/mol. The van der Waals surface area contributed by atoms with Crippen LogP contribution in [-0.2, 0) is 6.42 Å². The van der Waals surface area contributed by atoms with Crippen LogP contribution in [0.1, 0.15) is 28.7 Å².